The highest BCUT2D eigenvalue weighted by Gasteiger charge is 2.17. The first-order chi connectivity index (χ1) is 10.5. The Morgan fingerprint density at radius 3 is 2.32 bits per heavy atom. The van der Waals surface area contributed by atoms with Gasteiger partial charge in [0.15, 0.2) is 0 Å². The van der Waals surface area contributed by atoms with Gasteiger partial charge in [0.05, 0.1) is 37.7 Å². The van der Waals surface area contributed by atoms with Gasteiger partial charge >= 0.3 is 0 Å². The molecule has 0 radical (unpaired) electrons. The largest absolute Gasteiger partial charge is 0.497 e. The van der Waals surface area contributed by atoms with Gasteiger partial charge in [0.1, 0.15) is 11.5 Å². The maximum atomic E-state index is 12.6. The van der Waals surface area contributed by atoms with Crippen LogP contribution in [0.15, 0.2) is 24.4 Å². The fourth-order valence-corrected chi connectivity index (χ4v) is 2.29. The van der Waals surface area contributed by atoms with Crippen molar-refractivity contribution in [3.63, 3.8) is 0 Å². The zero-order valence-electron chi connectivity index (χ0n) is 13.0. The summed E-state index contributed by atoms with van der Waals surface area (Å²) in [5, 5.41) is 4.60. The number of aryl methyl sites for hydroxylation is 1. The van der Waals surface area contributed by atoms with Crippen LogP contribution in [0.4, 0.5) is 0 Å². The summed E-state index contributed by atoms with van der Waals surface area (Å²) in [6.07, 6.45) is 1.56. The van der Waals surface area contributed by atoms with Crippen molar-refractivity contribution in [1.29, 1.82) is 0 Å². The first kappa shape index (κ1) is 16.2. The maximum Gasteiger partial charge on any atom is 0.254 e. The minimum atomic E-state index is -0.158. The second-order valence-electron chi connectivity index (χ2n) is 4.83. The molecule has 1 aromatic heterocycles. The number of rotatable bonds is 5. The van der Waals surface area contributed by atoms with E-state index in [0.29, 0.717) is 28.6 Å². The highest BCUT2D eigenvalue weighted by molar-refractivity contribution is 6.31. The van der Waals surface area contributed by atoms with E-state index in [4.69, 9.17) is 21.1 Å². The predicted octanol–water partition coefficient (Wildman–Crippen LogP) is 2.36. The van der Waals surface area contributed by atoms with Crippen LogP contribution in [0.3, 0.4) is 0 Å². The van der Waals surface area contributed by atoms with E-state index in [-0.39, 0.29) is 5.91 Å². The van der Waals surface area contributed by atoms with Crippen LogP contribution < -0.4 is 9.47 Å². The van der Waals surface area contributed by atoms with Gasteiger partial charge in [-0.3, -0.25) is 9.48 Å². The third kappa shape index (κ3) is 3.33. The maximum absolute atomic E-state index is 12.6. The van der Waals surface area contributed by atoms with Gasteiger partial charge in [-0.1, -0.05) is 11.6 Å². The highest BCUT2D eigenvalue weighted by Crippen LogP contribution is 2.24. The molecule has 2 aromatic rings. The Morgan fingerprint density at radius 1 is 1.27 bits per heavy atom. The van der Waals surface area contributed by atoms with Crippen LogP contribution >= 0.6 is 11.6 Å². The molecular weight excluding hydrogens is 306 g/mol. The van der Waals surface area contributed by atoms with Crippen LogP contribution in [0.5, 0.6) is 11.5 Å². The Bertz CT molecular complexity index is 643. The number of ether oxygens (including phenoxy) is 2. The van der Waals surface area contributed by atoms with Crippen LogP contribution in [0.2, 0.25) is 5.02 Å². The molecule has 0 fully saturated rings. The molecule has 0 aliphatic heterocycles. The van der Waals surface area contributed by atoms with Crippen molar-refractivity contribution in [2.24, 2.45) is 7.05 Å². The van der Waals surface area contributed by atoms with Crippen molar-refractivity contribution < 1.29 is 14.3 Å². The molecule has 1 heterocycles. The van der Waals surface area contributed by atoms with Crippen molar-refractivity contribution in [2.75, 3.05) is 21.3 Å². The lowest BCUT2D eigenvalue weighted by atomic mass is 10.1. The number of aromatic nitrogens is 2. The molecule has 0 saturated heterocycles. The van der Waals surface area contributed by atoms with Gasteiger partial charge in [0.25, 0.3) is 5.91 Å². The SMILES string of the molecule is COc1cc(OC)cc(C(=O)N(C)Cc2c(Cl)cnn2C)c1. The smallest absolute Gasteiger partial charge is 0.254 e. The van der Waals surface area contributed by atoms with Crippen LogP contribution in [0.25, 0.3) is 0 Å². The monoisotopic (exact) mass is 323 g/mol. The van der Waals surface area contributed by atoms with Gasteiger partial charge in [0, 0.05) is 25.7 Å². The third-order valence-electron chi connectivity index (χ3n) is 3.34. The molecular formula is C15H18ClN3O3. The van der Waals surface area contributed by atoms with E-state index < -0.39 is 0 Å². The molecule has 7 heteroatoms. The molecule has 118 valence electrons. The summed E-state index contributed by atoms with van der Waals surface area (Å²) in [5.74, 6) is 0.971. The second-order valence-corrected chi connectivity index (χ2v) is 5.23. The lowest BCUT2D eigenvalue weighted by Gasteiger charge is -2.18. The molecule has 0 spiro atoms. The number of carbonyl (C=O) groups is 1. The average Bonchev–Trinajstić information content (AvgIpc) is 2.85. The molecule has 0 aliphatic carbocycles. The first-order valence-electron chi connectivity index (χ1n) is 6.61. The number of hydrogen-bond donors (Lipinski definition) is 0. The Morgan fingerprint density at radius 2 is 1.86 bits per heavy atom. The summed E-state index contributed by atoms with van der Waals surface area (Å²) in [6.45, 7) is 0.355. The van der Waals surface area contributed by atoms with E-state index in [1.165, 1.54) is 0 Å². The van der Waals surface area contributed by atoms with E-state index in [0.717, 1.165) is 5.69 Å². The minimum Gasteiger partial charge on any atom is -0.497 e. The molecule has 0 aliphatic rings. The molecule has 1 aromatic carbocycles. The summed E-state index contributed by atoms with van der Waals surface area (Å²) in [4.78, 5) is 14.1. The summed E-state index contributed by atoms with van der Waals surface area (Å²) in [6, 6.07) is 5.06. The lowest BCUT2D eigenvalue weighted by molar-refractivity contribution is 0.0781. The molecule has 0 atom stereocenters. The number of hydrogen-bond acceptors (Lipinski definition) is 4. The van der Waals surface area contributed by atoms with Crippen molar-refractivity contribution >= 4 is 17.5 Å². The standard InChI is InChI=1S/C15H18ClN3O3/c1-18(9-14-13(16)8-17-19(14)2)15(20)10-5-11(21-3)7-12(6-10)22-4/h5-8H,9H2,1-4H3. The topological polar surface area (TPSA) is 56.6 Å². The number of halogens is 1. The zero-order valence-corrected chi connectivity index (χ0v) is 13.7. The Hall–Kier alpha value is -2.21. The number of amides is 1. The van der Waals surface area contributed by atoms with Gasteiger partial charge in [-0.15, -0.1) is 0 Å². The Labute approximate surface area is 134 Å². The summed E-state index contributed by atoms with van der Waals surface area (Å²) >= 11 is 6.07. The van der Waals surface area contributed by atoms with E-state index in [1.807, 2.05) is 0 Å². The third-order valence-corrected chi connectivity index (χ3v) is 3.66. The van der Waals surface area contributed by atoms with Crippen LogP contribution in [-0.2, 0) is 13.6 Å². The van der Waals surface area contributed by atoms with Crippen LogP contribution in [0, 0.1) is 0 Å². The van der Waals surface area contributed by atoms with Crippen molar-refractivity contribution in [1.82, 2.24) is 14.7 Å². The molecule has 0 unspecified atom stereocenters. The van der Waals surface area contributed by atoms with Crippen LogP contribution in [-0.4, -0.2) is 41.9 Å². The van der Waals surface area contributed by atoms with Gasteiger partial charge < -0.3 is 14.4 Å². The lowest BCUT2D eigenvalue weighted by Crippen LogP contribution is -2.27. The molecule has 0 bridgehead atoms. The summed E-state index contributed by atoms with van der Waals surface area (Å²) in [7, 11) is 6.58. The van der Waals surface area contributed by atoms with E-state index in [2.05, 4.69) is 5.10 Å². The zero-order chi connectivity index (χ0) is 16.3. The summed E-state index contributed by atoms with van der Waals surface area (Å²) < 4.78 is 12.0. The molecule has 2 rings (SSSR count). The fourth-order valence-electron chi connectivity index (χ4n) is 2.06. The van der Waals surface area contributed by atoms with Crippen LogP contribution in [0.1, 0.15) is 16.1 Å². The van der Waals surface area contributed by atoms with E-state index in [9.17, 15) is 4.79 Å². The minimum absolute atomic E-state index is 0.158. The molecule has 1 amide bonds. The Kier molecular flexibility index (Phi) is 4.92. The average molecular weight is 324 g/mol. The second kappa shape index (κ2) is 6.70. The number of nitrogens with zero attached hydrogens (tertiary/aromatic N) is 3. The quantitative estimate of drug-likeness (QED) is 0.847. The van der Waals surface area contributed by atoms with Crippen molar-refractivity contribution in [3.8, 4) is 11.5 Å². The fraction of sp³-hybridized carbons (Fsp3) is 0.333. The highest BCUT2D eigenvalue weighted by atomic mass is 35.5. The van der Waals surface area contributed by atoms with E-state index in [1.54, 1.807) is 62.3 Å². The van der Waals surface area contributed by atoms with Gasteiger partial charge in [-0.2, -0.15) is 5.10 Å². The molecule has 22 heavy (non-hydrogen) atoms. The van der Waals surface area contributed by atoms with Crippen molar-refractivity contribution in [3.05, 3.63) is 40.7 Å². The normalized spacial score (nSPS) is 10.4. The Balaban J connectivity index is 2.23. The molecule has 0 N–H and O–H groups in total. The van der Waals surface area contributed by atoms with Gasteiger partial charge in [-0.05, 0) is 12.1 Å². The number of methoxy groups -OCH3 is 2. The van der Waals surface area contributed by atoms with Crippen molar-refractivity contribution in [2.45, 2.75) is 6.54 Å². The molecule has 6 nitrogen and oxygen atoms in total. The predicted molar refractivity (Wildman–Crippen MR) is 83.6 cm³/mol. The van der Waals surface area contributed by atoms with Gasteiger partial charge in [-0.25, -0.2) is 0 Å². The number of carbonyl (C=O) groups excluding carboxylic acids is 1. The first-order valence-corrected chi connectivity index (χ1v) is 6.99. The number of benzene rings is 1. The van der Waals surface area contributed by atoms with E-state index >= 15 is 0 Å². The molecule has 0 saturated carbocycles. The summed E-state index contributed by atoms with van der Waals surface area (Å²) in [5.41, 5.74) is 1.25. The van der Waals surface area contributed by atoms with Gasteiger partial charge in [0.2, 0.25) is 0 Å².